The van der Waals surface area contributed by atoms with Crippen LogP contribution in [0.4, 0.5) is 5.69 Å². The molecule has 1 unspecified atom stereocenters. The number of amides is 2. The number of benzene rings is 2. The minimum absolute atomic E-state index is 0.289. The second-order valence-electron chi connectivity index (χ2n) is 6.20. The van der Waals surface area contributed by atoms with Crippen LogP contribution in [0, 0.1) is 11.3 Å². The zero-order valence-electron chi connectivity index (χ0n) is 15.8. The molecule has 0 fully saturated rings. The van der Waals surface area contributed by atoms with E-state index in [1.807, 2.05) is 30.3 Å². The van der Waals surface area contributed by atoms with Gasteiger partial charge in [0.15, 0.2) is 6.10 Å². The van der Waals surface area contributed by atoms with Crippen LogP contribution in [-0.4, -0.2) is 30.4 Å². The second-order valence-corrected chi connectivity index (χ2v) is 7.63. The van der Waals surface area contributed by atoms with E-state index in [2.05, 4.69) is 10.6 Å². The summed E-state index contributed by atoms with van der Waals surface area (Å²) >= 11 is 7.47. The number of para-hydroxylation sites is 1. The monoisotopic (exact) mass is 441 g/mol. The van der Waals surface area contributed by atoms with Crippen LogP contribution < -0.4 is 10.6 Å². The maximum atomic E-state index is 12.4. The van der Waals surface area contributed by atoms with Gasteiger partial charge in [-0.25, -0.2) is 0 Å². The number of thiophene rings is 1. The van der Waals surface area contributed by atoms with Crippen LogP contribution >= 0.6 is 22.9 Å². The molecule has 3 rings (SSSR count). The van der Waals surface area contributed by atoms with E-state index in [0.29, 0.717) is 15.6 Å². The summed E-state index contributed by atoms with van der Waals surface area (Å²) in [4.78, 5) is 36.9. The highest BCUT2D eigenvalue weighted by molar-refractivity contribution is 7.21. The zero-order chi connectivity index (χ0) is 21.7. The fraction of sp³-hybridized carbons (Fsp3) is 0.143. The van der Waals surface area contributed by atoms with Gasteiger partial charge < -0.3 is 15.4 Å². The molecule has 152 valence electrons. The molecule has 1 aromatic heterocycles. The number of halogens is 1. The van der Waals surface area contributed by atoms with Crippen LogP contribution in [0.2, 0.25) is 5.02 Å². The number of nitriles is 1. The van der Waals surface area contributed by atoms with Crippen molar-refractivity contribution in [3.05, 3.63) is 64.0 Å². The lowest BCUT2D eigenvalue weighted by molar-refractivity contribution is -0.152. The SMILES string of the molecule is CC(OC(=O)CNC(=O)c1sc2ccccc2c1Cl)C(=O)Nc1ccccc1C#N. The van der Waals surface area contributed by atoms with E-state index in [4.69, 9.17) is 21.6 Å². The molecule has 0 aliphatic carbocycles. The first kappa shape index (κ1) is 21.3. The Balaban J connectivity index is 1.54. The molecule has 0 radical (unpaired) electrons. The normalized spacial score (nSPS) is 11.4. The quantitative estimate of drug-likeness (QED) is 0.566. The maximum absolute atomic E-state index is 12.4. The Kier molecular flexibility index (Phi) is 6.67. The number of carbonyl (C=O) groups is 3. The first-order valence-electron chi connectivity index (χ1n) is 8.85. The van der Waals surface area contributed by atoms with Crippen LogP contribution in [0.5, 0.6) is 0 Å². The van der Waals surface area contributed by atoms with E-state index in [9.17, 15) is 14.4 Å². The Labute approximate surface area is 181 Å². The lowest BCUT2D eigenvalue weighted by atomic mass is 10.2. The Bertz CT molecular complexity index is 1170. The fourth-order valence-corrected chi connectivity index (χ4v) is 4.04. The molecule has 0 spiro atoms. The van der Waals surface area contributed by atoms with E-state index in [1.54, 1.807) is 24.3 Å². The number of rotatable bonds is 6. The number of fused-ring (bicyclic) bond motifs is 1. The van der Waals surface area contributed by atoms with E-state index in [0.717, 1.165) is 10.1 Å². The van der Waals surface area contributed by atoms with E-state index >= 15 is 0 Å². The third kappa shape index (κ3) is 4.76. The summed E-state index contributed by atoms with van der Waals surface area (Å²) in [5.74, 6) is -1.88. The summed E-state index contributed by atoms with van der Waals surface area (Å²) in [5, 5.41) is 15.1. The molecule has 30 heavy (non-hydrogen) atoms. The van der Waals surface area contributed by atoms with Crippen molar-refractivity contribution < 1.29 is 19.1 Å². The van der Waals surface area contributed by atoms with Crippen LogP contribution in [0.25, 0.3) is 10.1 Å². The minimum Gasteiger partial charge on any atom is -0.451 e. The molecule has 7 nitrogen and oxygen atoms in total. The molecular formula is C21H16ClN3O4S. The molecule has 0 bridgehead atoms. The molecule has 2 N–H and O–H groups in total. The third-order valence-electron chi connectivity index (χ3n) is 4.12. The lowest BCUT2D eigenvalue weighted by Gasteiger charge is -2.14. The molecule has 0 saturated carbocycles. The van der Waals surface area contributed by atoms with Gasteiger partial charge in [-0.2, -0.15) is 5.26 Å². The maximum Gasteiger partial charge on any atom is 0.326 e. The fourth-order valence-electron chi connectivity index (χ4n) is 2.61. The topological polar surface area (TPSA) is 108 Å². The summed E-state index contributed by atoms with van der Waals surface area (Å²) in [5.41, 5.74) is 0.609. The molecule has 2 aromatic carbocycles. The Morgan fingerprint density at radius 1 is 1.17 bits per heavy atom. The van der Waals surface area contributed by atoms with E-state index in [-0.39, 0.29) is 5.56 Å². The number of hydrogen-bond donors (Lipinski definition) is 2. The second kappa shape index (κ2) is 9.39. The lowest BCUT2D eigenvalue weighted by Crippen LogP contribution is -2.35. The van der Waals surface area contributed by atoms with Crippen LogP contribution in [0.15, 0.2) is 48.5 Å². The average Bonchev–Trinajstić information content (AvgIpc) is 3.09. The van der Waals surface area contributed by atoms with Gasteiger partial charge in [-0.3, -0.25) is 14.4 Å². The minimum atomic E-state index is -1.12. The molecule has 1 heterocycles. The highest BCUT2D eigenvalue weighted by Gasteiger charge is 2.21. The Morgan fingerprint density at radius 2 is 1.87 bits per heavy atom. The van der Waals surface area contributed by atoms with Gasteiger partial charge in [0.1, 0.15) is 17.5 Å². The standard InChI is InChI=1S/C21H16ClN3O4S/c1-12(20(27)25-15-8-4-2-6-13(15)10-23)29-17(26)11-24-21(28)19-18(22)14-7-3-5-9-16(14)30-19/h2-9,12H,11H2,1H3,(H,24,28)(H,25,27). The summed E-state index contributed by atoms with van der Waals surface area (Å²) in [6, 6.07) is 15.7. The number of hydrogen-bond acceptors (Lipinski definition) is 6. The van der Waals surface area contributed by atoms with Gasteiger partial charge in [0.05, 0.1) is 16.3 Å². The summed E-state index contributed by atoms with van der Waals surface area (Å²) in [6.45, 7) is 0.975. The molecule has 0 aliphatic heterocycles. The molecule has 1 atom stereocenters. The van der Waals surface area contributed by atoms with Crippen molar-refractivity contribution in [1.29, 1.82) is 5.26 Å². The first-order valence-corrected chi connectivity index (χ1v) is 10.0. The molecular weight excluding hydrogens is 426 g/mol. The van der Waals surface area contributed by atoms with Gasteiger partial charge in [0, 0.05) is 10.1 Å². The molecule has 0 saturated heterocycles. The van der Waals surface area contributed by atoms with Crippen molar-refractivity contribution in [2.24, 2.45) is 0 Å². The number of carbonyl (C=O) groups excluding carboxylic acids is 3. The van der Waals surface area contributed by atoms with Crippen LogP contribution in [-0.2, 0) is 14.3 Å². The summed E-state index contributed by atoms with van der Waals surface area (Å²) in [6.07, 6.45) is -1.12. The number of ether oxygens (including phenoxy) is 1. The van der Waals surface area contributed by atoms with Crippen molar-refractivity contribution in [1.82, 2.24) is 5.32 Å². The van der Waals surface area contributed by atoms with Crippen molar-refractivity contribution in [3.63, 3.8) is 0 Å². The number of esters is 1. The summed E-state index contributed by atoms with van der Waals surface area (Å²) in [7, 11) is 0. The van der Waals surface area contributed by atoms with Gasteiger partial charge in [-0.15, -0.1) is 11.3 Å². The summed E-state index contributed by atoms with van der Waals surface area (Å²) < 4.78 is 5.91. The third-order valence-corrected chi connectivity index (χ3v) is 5.79. The molecule has 3 aromatic rings. The van der Waals surface area contributed by atoms with Gasteiger partial charge >= 0.3 is 5.97 Å². The van der Waals surface area contributed by atoms with Gasteiger partial charge in [0.25, 0.3) is 11.8 Å². The van der Waals surface area contributed by atoms with Crippen molar-refractivity contribution in [2.45, 2.75) is 13.0 Å². The number of nitrogens with zero attached hydrogens (tertiary/aromatic N) is 1. The van der Waals surface area contributed by atoms with Crippen molar-refractivity contribution in [2.75, 3.05) is 11.9 Å². The Hall–Kier alpha value is -3.41. The molecule has 2 amide bonds. The van der Waals surface area contributed by atoms with Crippen LogP contribution in [0.1, 0.15) is 22.2 Å². The molecule has 0 aliphatic rings. The van der Waals surface area contributed by atoms with Gasteiger partial charge in [0.2, 0.25) is 0 Å². The van der Waals surface area contributed by atoms with Crippen molar-refractivity contribution in [3.8, 4) is 6.07 Å². The largest absolute Gasteiger partial charge is 0.451 e. The highest BCUT2D eigenvalue weighted by Crippen LogP contribution is 2.34. The van der Waals surface area contributed by atoms with Crippen LogP contribution in [0.3, 0.4) is 0 Å². The number of nitrogens with one attached hydrogen (secondary N) is 2. The van der Waals surface area contributed by atoms with E-state index < -0.39 is 30.4 Å². The predicted molar refractivity (Wildman–Crippen MR) is 115 cm³/mol. The number of anilines is 1. The molecule has 9 heteroatoms. The van der Waals surface area contributed by atoms with Gasteiger partial charge in [-0.1, -0.05) is 41.9 Å². The first-order chi connectivity index (χ1) is 14.4. The highest BCUT2D eigenvalue weighted by atomic mass is 35.5. The smallest absolute Gasteiger partial charge is 0.326 e. The van der Waals surface area contributed by atoms with Crippen molar-refractivity contribution >= 4 is 56.5 Å². The zero-order valence-corrected chi connectivity index (χ0v) is 17.3. The Morgan fingerprint density at radius 3 is 2.60 bits per heavy atom. The predicted octanol–water partition coefficient (Wildman–Crippen LogP) is 3.73. The van der Waals surface area contributed by atoms with Gasteiger partial charge in [-0.05, 0) is 25.1 Å². The average molecular weight is 442 g/mol. The van der Waals surface area contributed by atoms with E-state index in [1.165, 1.54) is 18.3 Å².